The summed E-state index contributed by atoms with van der Waals surface area (Å²) in [7, 11) is -3.70. The Morgan fingerprint density at radius 1 is 0.938 bits per heavy atom. The predicted molar refractivity (Wildman–Crippen MR) is 122 cm³/mol. The lowest BCUT2D eigenvalue weighted by Gasteiger charge is -2.55. The van der Waals surface area contributed by atoms with E-state index in [-0.39, 0.29) is 34.6 Å². The summed E-state index contributed by atoms with van der Waals surface area (Å²) in [5, 5.41) is 0. The SMILES string of the molecule is CC(C)(C)c1ccc(S(=O)(=O)NCCC(=O)NNC(=O)C23CC4CC(CC(C4)C2)C3)cc1. The Morgan fingerprint density at radius 3 is 1.97 bits per heavy atom. The minimum atomic E-state index is -3.70. The van der Waals surface area contributed by atoms with E-state index in [1.807, 2.05) is 0 Å². The topological polar surface area (TPSA) is 104 Å². The standard InChI is InChI=1S/C24H35N3O4S/c1-23(2,3)19-4-6-20(7-5-19)32(30,31)25-9-8-21(28)26-27-22(29)24-13-16-10-17(14-24)12-18(11-16)15-24/h4-7,16-18,25H,8-15H2,1-3H3,(H,26,28)(H,27,29). The molecule has 32 heavy (non-hydrogen) atoms. The summed E-state index contributed by atoms with van der Waals surface area (Å²) < 4.78 is 27.4. The summed E-state index contributed by atoms with van der Waals surface area (Å²) in [6, 6.07) is 6.77. The van der Waals surface area contributed by atoms with Gasteiger partial charge in [0, 0.05) is 13.0 Å². The zero-order valence-corrected chi connectivity index (χ0v) is 20.1. The van der Waals surface area contributed by atoms with Crippen LogP contribution in [0.4, 0.5) is 0 Å². The molecule has 176 valence electrons. The Hall–Kier alpha value is -1.93. The average molecular weight is 462 g/mol. The summed E-state index contributed by atoms with van der Waals surface area (Å²) in [4.78, 5) is 25.2. The van der Waals surface area contributed by atoms with Crippen LogP contribution in [0.15, 0.2) is 29.2 Å². The molecule has 0 unspecified atom stereocenters. The third-order valence-electron chi connectivity index (χ3n) is 7.51. The Labute approximate surface area is 191 Å². The van der Waals surface area contributed by atoms with Crippen molar-refractivity contribution in [2.45, 2.75) is 76.0 Å². The molecule has 4 aliphatic carbocycles. The first-order valence-electron chi connectivity index (χ1n) is 11.7. The van der Waals surface area contributed by atoms with Crippen molar-refractivity contribution in [3.8, 4) is 0 Å². The van der Waals surface area contributed by atoms with Gasteiger partial charge in [0.05, 0.1) is 10.3 Å². The van der Waals surface area contributed by atoms with Crippen molar-refractivity contribution >= 4 is 21.8 Å². The number of nitrogens with one attached hydrogen (secondary N) is 3. The van der Waals surface area contributed by atoms with Crippen molar-refractivity contribution in [2.75, 3.05) is 6.54 Å². The molecule has 7 nitrogen and oxygen atoms in total. The first-order chi connectivity index (χ1) is 15.0. The van der Waals surface area contributed by atoms with Crippen molar-refractivity contribution in [3.05, 3.63) is 29.8 Å². The van der Waals surface area contributed by atoms with E-state index in [2.05, 4.69) is 36.3 Å². The molecule has 0 saturated heterocycles. The average Bonchev–Trinajstić information content (AvgIpc) is 2.70. The fraction of sp³-hybridized carbons (Fsp3) is 0.667. The highest BCUT2D eigenvalue weighted by Gasteiger charge is 2.54. The Balaban J connectivity index is 1.23. The minimum Gasteiger partial charge on any atom is -0.273 e. The summed E-state index contributed by atoms with van der Waals surface area (Å²) in [5.41, 5.74) is 5.76. The molecule has 8 heteroatoms. The predicted octanol–water partition coefficient (Wildman–Crippen LogP) is 3.02. The summed E-state index contributed by atoms with van der Waals surface area (Å²) in [6.45, 7) is 6.16. The van der Waals surface area contributed by atoms with Gasteiger partial charge in [-0.25, -0.2) is 13.1 Å². The van der Waals surface area contributed by atoms with Crippen LogP contribution >= 0.6 is 0 Å². The van der Waals surface area contributed by atoms with Crippen LogP contribution in [0.3, 0.4) is 0 Å². The zero-order chi connectivity index (χ0) is 23.1. The van der Waals surface area contributed by atoms with E-state index in [1.165, 1.54) is 19.3 Å². The van der Waals surface area contributed by atoms with Gasteiger partial charge < -0.3 is 0 Å². The molecule has 0 atom stereocenters. The molecule has 3 N–H and O–H groups in total. The summed E-state index contributed by atoms with van der Waals surface area (Å²) in [6.07, 6.45) is 6.46. The first kappa shape index (κ1) is 23.2. The monoisotopic (exact) mass is 461 g/mol. The molecular formula is C24H35N3O4S. The van der Waals surface area contributed by atoms with Gasteiger partial charge in [0.2, 0.25) is 21.8 Å². The highest BCUT2D eigenvalue weighted by molar-refractivity contribution is 7.89. The van der Waals surface area contributed by atoms with E-state index >= 15 is 0 Å². The number of benzene rings is 1. The number of hydrogen-bond donors (Lipinski definition) is 3. The van der Waals surface area contributed by atoms with Gasteiger partial charge >= 0.3 is 0 Å². The van der Waals surface area contributed by atoms with Crippen molar-refractivity contribution in [3.63, 3.8) is 0 Å². The molecule has 4 fully saturated rings. The van der Waals surface area contributed by atoms with Crippen LogP contribution in [0, 0.1) is 23.2 Å². The highest BCUT2D eigenvalue weighted by atomic mass is 32.2. The van der Waals surface area contributed by atoms with Gasteiger partial charge in [0.15, 0.2) is 0 Å². The van der Waals surface area contributed by atoms with Gasteiger partial charge in [-0.3, -0.25) is 20.4 Å². The van der Waals surface area contributed by atoms with Crippen LogP contribution in [0.25, 0.3) is 0 Å². The molecule has 0 spiro atoms. The van der Waals surface area contributed by atoms with E-state index < -0.39 is 15.9 Å². The van der Waals surface area contributed by atoms with E-state index in [1.54, 1.807) is 24.3 Å². The van der Waals surface area contributed by atoms with Crippen LogP contribution in [-0.4, -0.2) is 26.8 Å². The van der Waals surface area contributed by atoms with E-state index in [4.69, 9.17) is 0 Å². The smallest absolute Gasteiger partial charge is 0.244 e. The molecule has 1 aromatic carbocycles. The zero-order valence-electron chi connectivity index (χ0n) is 19.2. The number of hydrazine groups is 1. The molecular weight excluding hydrogens is 426 g/mol. The third-order valence-corrected chi connectivity index (χ3v) is 8.99. The second kappa shape index (κ2) is 8.45. The highest BCUT2D eigenvalue weighted by Crippen LogP contribution is 2.60. The Morgan fingerprint density at radius 2 is 1.47 bits per heavy atom. The molecule has 0 aromatic heterocycles. The molecule has 4 bridgehead atoms. The summed E-state index contributed by atoms with van der Waals surface area (Å²) >= 11 is 0. The molecule has 0 radical (unpaired) electrons. The van der Waals surface area contributed by atoms with Gasteiger partial charge in [-0.15, -0.1) is 0 Å². The summed E-state index contributed by atoms with van der Waals surface area (Å²) in [5.74, 6) is 1.46. The minimum absolute atomic E-state index is 0.0393. The molecule has 0 heterocycles. The second-order valence-corrected chi connectivity index (χ2v) is 12.9. The number of rotatable bonds is 6. The number of hydrogen-bond acceptors (Lipinski definition) is 4. The largest absolute Gasteiger partial charge is 0.273 e. The molecule has 0 aliphatic heterocycles. The fourth-order valence-electron chi connectivity index (χ4n) is 6.23. The van der Waals surface area contributed by atoms with E-state index in [0.717, 1.165) is 24.8 Å². The fourth-order valence-corrected chi connectivity index (χ4v) is 7.26. The van der Waals surface area contributed by atoms with Crippen molar-refractivity contribution in [2.24, 2.45) is 23.2 Å². The molecule has 4 saturated carbocycles. The van der Waals surface area contributed by atoms with Gasteiger partial charge in [0.25, 0.3) is 0 Å². The quantitative estimate of drug-likeness (QED) is 0.567. The lowest BCUT2D eigenvalue weighted by molar-refractivity contribution is -0.148. The first-order valence-corrected chi connectivity index (χ1v) is 13.1. The lowest BCUT2D eigenvalue weighted by atomic mass is 9.49. The molecule has 2 amide bonds. The number of carbonyl (C=O) groups excluding carboxylic acids is 2. The van der Waals surface area contributed by atoms with Gasteiger partial charge in [0.1, 0.15) is 0 Å². The van der Waals surface area contributed by atoms with Crippen LogP contribution in [0.1, 0.15) is 71.3 Å². The number of carbonyl (C=O) groups is 2. The van der Waals surface area contributed by atoms with Crippen molar-refractivity contribution in [1.82, 2.24) is 15.6 Å². The molecule has 4 aliphatic rings. The maximum Gasteiger partial charge on any atom is 0.244 e. The van der Waals surface area contributed by atoms with Gasteiger partial charge in [-0.2, -0.15) is 0 Å². The number of sulfonamides is 1. The normalized spacial score (nSPS) is 29.0. The van der Waals surface area contributed by atoms with Crippen LogP contribution in [-0.2, 0) is 25.0 Å². The van der Waals surface area contributed by atoms with Crippen molar-refractivity contribution in [1.29, 1.82) is 0 Å². The van der Waals surface area contributed by atoms with Crippen LogP contribution in [0.2, 0.25) is 0 Å². The van der Waals surface area contributed by atoms with E-state index in [0.29, 0.717) is 17.8 Å². The maximum atomic E-state index is 12.9. The van der Waals surface area contributed by atoms with Crippen LogP contribution < -0.4 is 15.6 Å². The van der Waals surface area contributed by atoms with Gasteiger partial charge in [-0.05, 0) is 79.4 Å². The molecule has 1 aromatic rings. The van der Waals surface area contributed by atoms with Crippen molar-refractivity contribution < 1.29 is 18.0 Å². The maximum absolute atomic E-state index is 12.9. The number of amides is 2. The lowest BCUT2D eigenvalue weighted by Crippen LogP contribution is -2.56. The molecule has 5 rings (SSSR count). The van der Waals surface area contributed by atoms with E-state index in [9.17, 15) is 18.0 Å². The Kier molecular flexibility index (Phi) is 6.13. The second-order valence-electron chi connectivity index (χ2n) is 11.1. The van der Waals surface area contributed by atoms with Gasteiger partial charge in [-0.1, -0.05) is 32.9 Å². The third kappa shape index (κ3) is 4.86. The van der Waals surface area contributed by atoms with Crippen LogP contribution in [0.5, 0.6) is 0 Å². The Bertz CT molecular complexity index is 944.